The minimum atomic E-state index is 0.0946. The molecule has 4 aromatic rings. The molecule has 2 heteroatoms. The van der Waals surface area contributed by atoms with E-state index in [4.69, 9.17) is 0 Å². The van der Waals surface area contributed by atoms with Crippen molar-refractivity contribution in [2.24, 2.45) is 0 Å². The van der Waals surface area contributed by atoms with E-state index in [2.05, 4.69) is 124 Å². The van der Waals surface area contributed by atoms with Gasteiger partial charge in [-0.15, -0.1) is 0 Å². The maximum absolute atomic E-state index is 3.72. The first-order valence-corrected chi connectivity index (χ1v) is 11.0. The van der Waals surface area contributed by atoms with Gasteiger partial charge in [-0.05, 0) is 86.5 Å². The number of rotatable bonds is 1. The van der Waals surface area contributed by atoms with E-state index in [1.165, 1.54) is 47.6 Å². The monoisotopic (exact) mass is 481 g/mol. The molecule has 0 spiro atoms. The largest absolute Gasteiger partial charge is 0.354 e. The lowest BCUT2D eigenvalue weighted by Gasteiger charge is -2.21. The van der Waals surface area contributed by atoms with Crippen LogP contribution in [-0.4, -0.2) is 4.98 Å². The predicted molar refractivity (Wildman–Crippen MR) is 131 cm³/mol. The van der Waals surface area contributed by atoms with Crippen molar-refractivity contribution in [3.8, 4) is 11.1 Å². The zero-order valence-corrected chi connectivity index (χ0v) is 19.7. The number of hydrogen-bond acceptors (Lipinski definition) is 0. The standard InChI is InChI=1S/C26H28IN/c1-25(2,3)17-9-12-23-21(13-17)22-15-18(26(4,5)6)14-20(24(22)28-23)16-7-10-19(27)11-8-16/h7-15,28H,1-6H3. The highest BCUT2D eigenvalue weighted by molar-refractivity contribution is 14.1. The van der Waals surface area contributed by atoms with E-state index in [1.807, 2.05) is 0 Å². The maximum Gasteiger partial charge on any atom is 0.0544 e. The van der Waals surface area contributed by atoms with Crippen molar-refractivity contribution in [3.05, 3.63) is 69.3 Å². The van der Waals surface area contributed by atoms with E-state index in [0.717, 1.165) is 0 Å². The Bertz CT molecular complexity index is 1170. The summed E-state index contributed by atoms with van der Waals surface area (Å²) in [6.45, 7) is 13.7. The number of H-pyrrole nitrogens is 1. The number of halogens is 1. The number of benzene rings is 3. The summed E-state index contributed by atoms with van der Waals surface area (Å²) in [5.74, 6) is 0. The molecule has 0 amide bonds. The summed E-state index contributed by atoms with van der Waals surface area (Å²) in [6.07, 6.45) is 0. The van der Waals surface area contributed by atoms with Crippen LogP contribution in [0.5, 0.6) is 0 Å². The summed E-state index contributed by atoms with van der Waals surface area (Å²) in [4.78, 5) is 3.72. The molecule has 1 nitrogen and oxygen atoms in total. The molecule has 0 fully saturated rings. The quantitative estimate of drug-likeness (QED) is 0.264. The zero-order chi connectivity index (χ0) is 20.3. The molecule has 0 bridgehead atoms. The van der Waals surface area contributed by atoms with Crippen molar-refractivity contribution in [2.45, 2.75) is 52.4 Å². The molecule has 1 N–H and O–H groups in total. The van der Waals surface area contributed by atoms with E-state index in [0.29, 0.717) is 0 Å². The molecule has 1 aromatic heterocycles. The lowest BCUT2D eigenvalue weighted by molar-refractivity contribution is 0.590. The third kappa shape index (κ3) is 3.47. The van der Waals surface area contributed by atoms with Crippen LogP contribution in [0.4, 0.5) is 0 Å². The van der Waals surface area contributed by atoms with Gasteiger partial charge in [-0.3, -0.25) is 0 Å². The number of aromatic nitrogens is 1. The summed E-state index contributed by atoms with van der Waals surface area (Å²) in [7, 11) is 0. The summed E-state index contributed by atoms with van der Waals surface area (Å²) in [6, 6.07) is 20.5. The van der Waals surface area contributed by atoms with Crippen LogP contribution >= 0.6 is 22.6 Å². The van der Waals surface area contributed by atoms with E-state index in [-0.39, 0.29) is 10.8 Å². The highest BCUT2D eigenvalue weighted by Crippen LogP contribution is 2.39. The maximum atomic E-state index is 3.72. The second kappa shape index (κ2) is 6.62. The average molecular weight is 481 g/mol. The van der Waals surface area contributed by atoms with Crippen LogP contribution in [0.1, 0.15) is 52.7 Å². The van der Waals surface area contributed by atoms with Gasteiger partial charge in [-0.1, -0.05) is 59.7 Å². The lowest BCUT2D eigenvalue weighted by Crippen LogP contribution is -2.11. The summed E-state index contributed by atoms with van der Waals surface area (Å²) in [5, 5.41) is 2.64. The average Bonchev–Trinajstić information content (AvgIpc) is 2.98. The van der Waals surface area contributed by atoms with Crippen LogP contribution in [0, 0.1) is 3.57 Å². The van der Waals surface area contributed by atoms with Crippen LogP contribution < -0.4 is 0 Å². The minimum absolute atomic E-state index is 0.0946. The Hall–Kier alpha value is -1.81. The van der Waals surface area contributed by atoms with E-state index < -0.39 is 0 Å². The van der Waals surface area contributed by atoms with Crippen molar-refractivity contribution >= 4 is 44.4 Å². The molecule has 28 heavy (non-hydrogen) atoms. The summed E-state index contributed by atoms with van der Waals surface area (Å²) in [5.41, 5.74) is 7.96. The molecule has 0 aliphatic heterocycles. The molecule has 1 heterocycles. The Morgan fingerprint density at radius 1 is 0.679 bits per heavy atom. The smallest absolute Gasteiger partial charge is 0.0544 e. The second-order valence-corrected chi connectivity index (χ2v) is 11.1. The summed E-state index contributed by atoms with van der Waals surface area (Å²) < 4.78 is 1.26. The highest BCUT2D eigenvalue weighted by Gasteiger charge is 2.20. The highest BCUT2D eigenvalue weighted by atomic mass is 127. The number of hydrogen-bond donors (Lipinski definition) is 1. The first-order valence-electron chi connectivity index (χ1n) is 9.90. The molecule has 144 valence electrons. The lowest BCUT2D eigenvalue weighted by atomic mass is 9.83. The van der Waals surface area contributed by atoms with Gasteiger partial charge < -0.3 is 4.98 Å². The predicted octanol–water partition coefficient (Wildman–Crippen LogP) is 8.19. The molecule has 0 unspecified atom stereocenters. The molecule has 0 aliphatic rings. The van der Waals surface area contributed by atoms with Crippen molar-refractivity contribution in [2.75, 3.05) is 0 Å². The van der Waals surface area contributed by atoms with Gasteiger partial charge in [0.2, 0.25) is 0 Å². The fourth-order valence-corrected chi connectivity index (χ4v) is 4.12. The van der Waals surface area contributed by atoms with Crippen LogP contribution in [0.15, 0.2) is 54.6 Å². The molecule has 0 atom stereocenters. The third-order valence-corrected chi connectivity index (χ3v) is 6.31. The third-order valence-electron chi connectivity index (χ3n) is 5.60. The Kier molecular flexibility index (Phi) is 4.61. The van der Waals surface area contributed by atoms with Gasteiger partial charge in [-0.2, -0.15) is 0 Å². The van der Waals surface area contributed by atoms with Crippen molar-refractivity contribution < 1.29 is 0 Å². The van der Waals surface area contributed by atoms with Crippen LogP contribution in [0.3, 0.4) is 0 Å². The first kappa shape index (κ1) is 19.5. The molecule has 0 saturated carbocycles. The van der Waals surface area contributed by atoms with E-state index >= 15 is 0 Å². The van der Waals surface area contributed by atoms with Gasteiger partial charge in [0.25, 0.3) is 0 Å². The molecule has 0 saturated heterocycles. The van der Waals surface area contributed by atoms with Crippen molar-refractivity contribution in [1.82, 2.24) is 4.98 Å². The molecule has 0 radical (unpaired) electrons. The van der Waals surface area contributed by atoms with Crippen LogP contribution in [0.2, 0.25) is 0 Å². The second-order valence-electron chi connectivity index (χ2n) is 9.84. The van der Waals surface area contributed by atoms with E-state index in [1.54, 1.807) is 0 Å². The van der Waals surface area contributed by atoms with Crippen LogP contribution in [-0.2, 0) is 10.8 Å². The first-order chi connectivity index (χ1) is 13.0. The molecule has 0 aliphatic carbocycles. The van der Waals surface area contributed by atoms with Crippen LogP contribution in [0.25, 0.3) is 32.9 Å². The number of fused-ring (bicyclic) bond motifs is 3. The van der Waals surface area contributed by atoms with Gasteiger partial charge in [0.15, 0.2) is 0 Å². The Morgan fingerprint density at radius 2 is 1.29 bits per heavy atom. The Labute approximate surface area is 181 Å². The summed E-state index contributed by atoms with van der Waals surface area (Å²) >= 11 is 2.37. The van der Waals surface area contributed by atoms with Gasteiger partial charge in [0, 0.05) is 25.4 Å². The fraction of sp³-hybridized carbons (Fsp3) is 0.308. The topological polar surface area (TPSA) is 15.8 Å². The zero-order valence-electron chi connectivity index (χ0n) is 17.6. The molecular weight excluding hydrogens is 453 g/mol. The Morgan fingerprint density at radius 3 is 1.89 bits per heavy atom. The van der Waals surface area contributed by atoms with Gasteiger partial charge in [0.05, 0.1) is 5.52 Å². The molecular formula is C26H28IN. The minimum Gasteiger partial charge on any atom is -0.354 e. The van der Waals surface area contributed by atoms with Gasteiger partial charge in [0.1, 0.15) is 0 Å². The van der Waals surface area contributed by atoms with Gasteiger partial charge >= 0.3 is 0 Å². The number of nitrogens with one attached hydrogen (secondary N) is 1. The SMILES string of the molecule is CC(C)(C)c1ccc2[nH]c3c(-c4ccc(I)cc4)cc(C(C)(C)C)cc3c2c1. The van der Waals surface area contributed by atoms with Gasteiger partial charge in [-0.25, -0.2) is 0 Å². The Balaban J connectivity index is 2.09. The molecule has 3 aromatic carbocycles. The van der Waals surface area contributed by atoms with Crippen molar-refractivity contribution in [3.63, 3.8) is 0 Å². The normalized spacial score (nSPS) is 12.8. The van der Waals surface area contributed by atoms with Crippen molar-refractivity contribution in [1.29, 1.82) is 0 Å². The van der Waals surface area contributed by atoms with E-state index in [9.17, 15) is 0 Å². The number of aromatic amines is 1. The fourth-order valence-electron chi connectivity index (χ4n) is 3.76. The molecule has 4 rings (SSSR count).